The van der Waals surface area contributed by atoms with E-state index in [4.69, 9.17) is 4.42 Å². The first-order valence-electron chi connectivity index (χ1n) is 5.37. The molecule has 16 heavy (non-hydrogen) atoms. The SMILES string of the molecule is O=C(CCc1ccco1)NNC(=O)C1CC1. The molecule has 0 radical (unpaired) electrons. The Hall–Kier alpha value is -1.78. The molecule has 0 bridgehead atoms. The molecule has 1 aromatic rings. The van der Waals surface area contributed by atoms with E-state index >= 15 is 0 Å². The van der Waals surface area contributed by atoms with Gasteiger partial charge in [0.05, 0.1) is 6.26 Å². The summed E-state index contributed by atoms with van der Waals surface area (Å²) in [4.78, 5) is 22.5. The number of carbonyl (C=O) groups is 2. The molecule has 1 aliphatic rings. The number of hydrogen-bond donors (Lipinski definition) is 2. The topological polar surface area (TPSA) is 71.3 Å². The molecular weight excluding hydrogens is 208 g/mol. The average Bonchev–Trinajstić information content (AvgIpc) is 3.01. The highest BCUT2D eigenvalue weighted by atomic mass is 16.3. The Kier molecular flexibility index (Phi) is 3.24. The molecule has 0 aromatic carbocycles. The molecule has 0 unspecified atom stereocenters. The fourth-order valence-electron chi connectivity index (χ4n) is 1.33. The lowest BCUT2D eigenvalue weighted by Gasteiger charge is -2.05. The summed E-state index contributed by atoms with van der Waals surface area (Å²) in [7, 11) is 0. The Morgan fingerprint density at radius 2 is 2.19 bits per heavy atom. The van der Waals surface area contributed by atoms with Gasteiger partial charge in [0, 0.05) is 18.8 Å². The van der Waals surface area contributed by atoms with E-state index in [1.54, 1.807) is 12.3 Å². The van der Waals surface area contributed by atoms with E-state index in [9.17, 15) is 9.59 Å². The standard InChI is InChI=1S/C11H14N2O3/c14-10(6-5-9-2-1-7-16-9)12-13-11(15)8-3-4-8/h1-2,7-8H,3-6H2,(H,12,14)(H,13,15). The molecule has 0 spiro atoms. The van der Waals surface area contributed by atoms with Crippen LogP contribution < -0.4 is 10.9 Å². The predicted octanol–water partition coefficient (Wildman–Crippen LogP) is 0.770. The molecule has 5 heteroatoms. The smallest absolute Gasteiger partial charge is 0.241 e. The zero-order valence-corrected chi connectivity index (χ0v) is 8.86. The van der Waals surface area contributed by atoms with Crippen LogP contribution >= 0.6 is 0 Å². The van der Waals surface area contributed by atoms with Gasteiger partial charge in [-0.05, 0) is 25.0 Å². The van der Waals surface area contributed by atoms with Crippen molar-refractivity contribution in [3.63, 3.8) is 0 Å². The number of rotatable bonds is 4. The number of hydrazine groups is 1. The predicted molar refractivity (Wildman–Crippen MR) is 56.0 cm³/mol. The number of carbonyl (C=O) groups excluding carboxylic acids is 2. The van der Waals surface area contributed by atoms with Crippen molar-refractivity contribution in [1.29, 1.82) is 0 Å². The number of aryl methyl sites for hydroxylation is 1. The van der Waals surface area contributed by atoms with Crippen molar-refractivity contribution in [2.24, 2.45) is 5.92 Å². The van der Waals surface area contributed by atoms with Gasteiger partial charge in [0.25, 0.3) is 0 Å². The van der Waals surface area contributed by atoms with E-state index in [-0.39, 0.29) is 17.7 Å². The summed E-state index contributed by atoms with van der Waals surface area (Å²) in [5.41, 5.74) is 4.79. The molecule has 2 rings (SSSR count). The molecular formula is C11H14N2O3. The van der Waals surface area contributed by atoms with Gasteiger partial charge >= 0.3 is 0 Å². The summed E-state index contributed by atoms with van der Waals surface area (Å²) in [5.74, 6) is 0.575. The van der Waals surface area contributed by atoms with Crippen LogP contribution in [0, 0.1) is 5.92 Å². The molecule has 1 fully saturated rings. The first-order valence-corrected chi connectivity index (χ1v) is 5.37. The van der Waals surface area contributed by atoms with Gasteiger partial charge in [-0.3, -0.25) is 20.4 Å². The average molecular weight is 222 g/mol. The van der Waals surface area contributed by atoms with Gasteiger partial charge in [-0.2, -0.15) is 0 Å². The van der Waals surface area contributed by atoms with Gasteiger partial charge in [-0.15, -0.1) is 0 Å². The Morgan fingerprint density at radius 3 is 2.81 bits per heavy atom. The van der Waals surface area contributed by atoms with E-state index in [0.717, 1.165) is 18.6 Å². The van der Waals surface area contributed by atoms with Gasteiger partial charge < -0.3 is 4.42 Å². The first kappa shape index (κ1) is 10.7. The minimum atomic E-state index is -0.203. The molecule has 2 amide bonds. The largest absolute Gasteiger partial charge is 0.469 e. The summed E-state index contributed by atoms with van der Waals surface area (Å²) in [5, 5.41) is 0. The summed E-state index contributed by atoms with van der Waals surface area (Å²) >= 11 is 0. The number of amides is 2. The second-order valence-electron chi connectivity index (χ2n) is 3.89. The molecule has 1 saturated carbocycles. The second-order valence-corrected chi connectivity index (χ2v) is 3.89. The zero-order valence-electron chi connectivity index (χ0n) is 8.86. The summed E-state index contributed by atoms with van der Waals surface area (Å²) in [6.07, 6.45) is 4.26. The van der Waals surface area contributed by atoms with Crippen LogP contribution in [0.3, 0.4) is 0 Å². The summed E-state index contributed by atoms with van der Waals surface area (Å²) in [6, 6.07) is 3.60. The number of furan rings is 1. The van der Waals surface area contributed by atoms with Gasteiger partial charge in [0.15, 0.2) is 0 Å². The third-order valence-corrected chi connectivity index (χ3v) is 2.45. The Labute approximate surface area is 93.2 Å². The maximum absolute atomic E-state index is 11.3. The van der Waals surface area contributed by atoms with Gasteiger partial charge in [-0.25, -0.2) is 0 Å². The van der Waals surface area contributed by atoms with Crippen LogP contribution in [0.5, 0.6) is 0 Å². The second kappa shape index (κ2) is 4.83. The lowest BCUT2D eigenvalue weighted by molar-refractivity contribution is -0.129. The molecule has 5 nitrogen and oxygen atoms in total. The highest BCUT2D eigenvalue weighted by molar-refractivity contribution is 5.84. The van der Waals surface area contributed by atoms with Crippen molar-refractivity contribution >= 4 is 11.8 Å². The molecule has 1 aromatic heterocycles. The summed E-state index contributed by atoms with van der Waals surface area (Å²) < 4.78 is 5.09. The van der Waals surface area contributed by atoms with Crippen molar-refractivity contribution in [1.82, 2.24) is 10.9 Å². The van der Waals surface area contributed by atoms with Crippen LogP contribution in [-0.2, 0) is 16.0 Å². The van der Waals surface area contributed by atoms with Gasteiger partial charge in [-0.1, -0.05) is 0 Å². The molecule has 0 atom stereocenters. The third kappa shape index (κ3) is 3.12. The highest BCUT2D eigenvalue weighted by Gasteiger charge is 2.29. The van der Waals surface area contributed by atoms with E-state index < -0.39 is 0 Å². The van der Waals surface area contributed by atoms with E-state index in [0.29, 0.717) is 12.8 Å². The molecule has 0 aliphatic heterocycles. The fourth-order valence-corrected chi connectivity index (χ4v) is 1.33. The molecule has 86 valence electrons. The lowest BCUT2D eigenvalue weighted by atomic mass is 10.2. The molecule has 1 aliphatic carbocycles. The lowest BCUT2D eigenvalue weighted by Crippen LogP contribution is -2.42. The quantitative estimate of drug-likeness (QED) is 0.739. The van der Waals surface area contributed by atoms with Crippen LogP contribution in [0.1, 0.15) is 25.0 Å². The molecule has 1 heterocycles. The highest BCUT2D eigenvalue weighted by Crippen LogP contribution is 2.28. The first-order chi connectivity index (χ1) is 7.75. The fraction of sp³-hybridized carbons (Fsp3) is 0.455. The minimum absolute atomic E-state index is 0.0913. The van der Waals surface area contributed by atoms with Gasteiger partial charge in [0.2, 0.25) is 11.8 Å². The van der Waals surface area contributed by atoms with Crippen molar-refractivity contribution in [3.05, 3.63) is 24.2 Å². The van der Waals surface area contributed by atoms with Gasteiger partial charge in [0.1, 0.15) is 5.76 Å². The minimum Gasteiger partial charge on any atom is -0.469 e. The maximum Gasteiger partial charge on any atom is 0.241 e. The van der Waals surface area contributed by atoms with Crippen LogP contribution in [0.2, 0.25) is 0 Å². The molecule has 0 saturated heterocycles. The third-order valence-electron chi connectivity index (χ3n) is 2.45. The van der Waals surface area contributed by atoms with Crippen LogP contribution in [0.25, 0.3) is 0 Å². The van der Waals surface area contributed by atoms with Crippen molar-refractivity contribution in [2.45, 2.75) is 25.7 Å². The van der Waals surface area contributed by atoms with Crippen LogP contribution in [0.15, 0.2) is 22.8 Å². The Balaban J connectivity index is 1.62. The van der Waals surface area contributed by atoms with E-state index in [1.807, 2.05) is 6.07 Å². The zero-order chi connectivity index (χ0) is 11.4. The van der Waals surface area contributed by atoms with Crippen LogP contribution in [0.4, 0.5) is 0 Å². The summed E-state index contributed by atoms with van der Waals surface area (Å²) in [6.45, 7) is 0. The normalized spacial score (nSPS) is 14.5. The van der Waals surface area contributed by atoms with Crippen molar-refractivity contribution in [2.75, 3.05) is 0 Å². The van der Waals surface area contributed by atoms with Crippen molar-refractivity contribution < 1.29 is 14.0 Å². The van der Waals surface area contributed by atoms with E-state index in [2.05, 4.69) is 10.9 Å². The van der Waals surface area contributed by atoms with Crippen molar-refractivity contribution in [3.8, 4) is 0 Å². The van der Waals surface area contributed by atoms with Crippen LogP contribution in [-0.4, -0.2) is 11.8 Å². The monoisotopic (exact) mass is 222 g/mol. The molecule has 2 N–H and O–H groups in total. The number of nitrogens with one attached hydrogen (secondary N) is 2. The number of hydrogen-bond acceptors (Lipinski definition) is 3. The Bertz CT molecular complexity index is 369. The van der Waals surface area contributed by atoms with E-state index in [1.165, 1.54) is 0 Å². The maximum atomic E-state index is 11.3. The Morgan fingerprint density at radius 1 is 1.38 bits per heavy atom.